The van der Waals surface area contributed by atoms with Crippen LogP contribution in [0, 0.1) is 5.92 Å². The van der Waals surface area contributed by atoms with Crippen molar-refractivity contribution in [1.29, 1.82) is 0 Å². The second-order valence-corrected chi connectivity index (χ2v) is 20.0. The molecule has 1 aromatic carbocycles. The van der Waals surface area contributed by atoms with Gasteiger partial charge >= 0.3 is 0 Å². The number of rotatable bonds is 5. The first-order valence-electron chi connectivity index (χ1n) is 10.4. The van der Waals surface area contributed by atoms with Crippen molar-refractivity contribution < 1.29 is 0 Å². The van der Waals surface area contributed by atoms with Gasteiger partial charge in [0.1, 0.15) is 16.5 Å². The Bertz CT molecular complexity index is 594. The van der Waals surface area contributed by atoms with Gasteiger partial charge in [-0.3, -0.25) is 4.90 Å². The summed E-state index contributed by atoms with van der Waals surface area (Å²) in [7, 11) is -2.19. The Balaban J connectivity index is 1.37. The highest BCUT2D eigenvalue weighted by molar-refractivity contribution is 6.95. The molecule has 1 spiro atoms. The Hall–Kier alpha value is -0.426. The van der Waals surface area contributed by atoms with Crippen molar-refractivity contribution in [3.63, 3.8) is 0 Å². The molecule has 4 heteroatoms. The molecule has 2 aliphatic heterocycles. The van der Waals surface area contributed by atoms with E-state index >= 15 is 0 Å². The number of hydrogen-bond donors (Lipinski definition) is 0. The number of likely N-dealkylation sites (tertiary alicyclic amines) is 1. The van der Waals surface area contributed by atoms with E-state index < -0.39 is 16.5 Å². The highest BCUT2D eigenvalue weighted by Gasteiger charge is 2.54. The van der Waals surface area contributed by atoms with Crippen molar-refractivity contribution in [2.45, 2.75) is 76.0 Å². The maximum atomic E-state index is 3.08. The van der Waals surface area contributed by atoms with Crippen molar-refractivity contribution in [2.24, 2.45) is 5.92 Å². The van der Waals surface area contributed by atoms with Crippen molar-refractivity contribution >= 4 is 16.5 Å². The molecule has 0 amide bonds. The average molecular weight is 373 g/mol. The summed E-state index contributed by atoms with van der Waals surface area (Å²) < 4.78 is 3.08. The van der Waals surface area contributed by atoms with Crippen molar-refractivity contribution in [3.05, 3.63) is 35.9 Å². The lowest BCUT2D eigenvalue weighted by Crippen LogP contribution is -2.55. The normalized spacial score (nSPS) is 30.2. The molecule has 2 nitrogen and oxygen atoms in total. The van der Waals surface area contributed by atoms with E-state index in [-0.39, 0.29) is 0 Å². The quantitative estimate of drug-likeness (QED) is 0.659. The average Bonchev–Trinajstić information content (AvgIpc) is 3.20. The Morgan fingerprint density at radius 2 is 1.64 bits per heavy atom. The minimum absolute atomic E-state index is 0.589. The van der Waals surface area contributed by atoms with E-state index in [1.165, 1.54) is 50.9 Å². The second kappa shape index (κ2) is 6.33. The highest BCUT2D eigenvalue weighted by atomic mass is 28.4. The molecule has 1 unspecified atom stereocenters. The molecule has 2 saturated heterocycles. The van der Waals surface area contributed by atoms with Crippen molar-refractivity contribution in [2.75, 3.05) is 13.1 Å². The van der Waals surface area contributed by atoms with Gasteiger partial charge in [0, 0.05) is 18.6 Å². The third-order valence-corrected chi connectivity index (χ3v) is 17.9. The third kappa shape index (κ3) is 3.55. The van der Waals surface area contributed by atoms with E-state index in [1.54, 1.807) is 12.1 Å². The standard InChI is InChI=1S/C21H36N2Si2/c1-24(2)14-15-25(3,4)23(24)13-10-20-16-21(11-12-21)22(18-20)17-19-8-6-5-7-9-19/h5-9,20H,10-18H2,1-4H3. The van der Waals surface area contributed by atoms with E-state index in [1.807, 2.05) is 0 Å². The van der Waals surface area contributed by atoms with E-state index in [0.717, 1.165) is 5.92 Å². The summed E-state index contributed by atoms with van der Waals surface area (Å²) in [6.07, 6.45) is 5.80. The van der Waals surface area contributed by atoms with Gasteiger partial charge in [0.05, 0.1) is 0 Å². The van der Waals surface area contributed by atoms with Crippen LogP contribution in [0.5, 0.6) is 0 Å². The summed E-state index contributed by atoms with van der Waals surface area (Å²) in [4.78, 5) is 2.84. The van der Waals surface area contributed by atoms with Gasteiger partial charge in [-0.15, -0.1) is 0 Å². The predicted octanol–water partition coefficient (Wildman–Crippen LogP) is 5.16. The van der Waals surface area contributed by atoms with Gasteiger partial charge in [0.15, 0.2) is 0 Å². The van der Waals surface area contributed by atoms with Gasteiger partial charge in [-0.2, -0.15) is 0 Å². The first-order chi connectivity index (χ1) is 11.8. The largest absolute Gasteiger partial charge is 0.345 e. The summed E-state index contributed by atoms with van der Waals surface area (Å²) >= 11 is 0. The second-order valence-electron chi connectivity index (χ2n) is 10.2. The molecule has 1 aromatic rings. The van der Waals surface area contributed by atoms with Crippen LogP contribution in [0.2, 0.25) is 38.3 Å². The van der Waals surface area contributed by atoms with E-state index in [2.05, 4.69) is 65.7 Å². The molecule has 2 heterocycles. The first-order valence-corrected chi connectivity index (χ1v) is 16.7. The monoisotopic (exact) mass is 372 g/mol. The van der Waals surface area contributed by atoms with Gasteiger partial charge in [-0.1, -0.05) is 56.5 Å². The Kier molecular flexibility index (Phi) is 4.55. The fourth-order valence-electron chi connectivity index (χ4n) is 5.75. The summed E-state index contributed by atoms with van der Waals surface area (Å²) in [5.41, 5.74) is 2.09. The molecule has 1 saturated carbocycles. The molecule has 4 rings (SSSR count). The molecule has 0 radical (unpaired) electrons. The zero-order valence-electron chi connectivity index (χ0n) is 16.7. The maximum absolute atomic E-state index is 3.08. The number of benzene rings is 1. The molecule has 0 bridgehead atoms. The lowest BCUT2D eigenvalue weighted by Gasteiger charge is -2.39. The minimum Gasteiger partial charge on any atom is -0.345 e. The van der Waals surface area contributed by atoms with Crippen LogP contribution < -0.4 is 0 Å². The van der Waals surface area contributed by atoms with Crippen LogP contribution in [0.1, 0.15) is 31.2 Å². The molecule has 3 aliphatic rings. The third-order valence-electron chi connectivity index (χ3n) is 7.43. The fourth-order valence-corrected chi connectivity index (χ4v) is 19.9. The zero-order valence-corrected chi connectivity index (χ0v) is 18.7. The SMILES string of the molecule is C[Si]1(C)CC[Si](C)(C)N1CCC1CN(Cc2ccccc2)C2(CC2)C1. The number of nitrogens with zero attached hydrogens (tertiary/aromatic N) is 2. The van der Waals surface area contributed by atoms with E-state index in [9.17, 15) is 0 Å². The molecular formula is C21H36N2Si2. The van der Waals surface area contributed by atoms with Crippen LogP contribution in [0.15, 0.2) is 30.3 Å². The minimum atomic E-state index is -1.09. The van der Waals surface area contributed by atoms with Gasteiger partial charge in [-0.05, 0) is 55.8 Å². The Morgan fingerprint density at radius 3 is 2.24 bits per heavy atom. The Morgan fingerprint density at radius 1 is 1.00 bits per heavy atom. The predicted molar refractivity (Wildman–Crippen MR) is 113 cm³/mol. The van der Waals surface area contributed by atoms with Crippen LogP contribution in [0.25, 0.3) is 0 Å². The van der Waals surface area contributed by atoms with Crippen molar-refractivity contribution in [1.82, 2.24) is 9.13 Å². The molecule has 0 aromatic heterocycles. The van der Waals surface area contributed by atoms with Crippen LogP contribution in [-0.2, 0) is 6.54 Å². The lowest BCUT2D eigenvalue weighted by atomic mass is 10.0. The lowest BCUT2D eigenvalue weighted by molar-refractivity contribution is 0.223. The molecular weight excluding hydrogens is 336 g/mol. The fraction of sp³-hybridized carbons (Fsp3) is 0.714. The first kappa shape index (κ1) is 18.0. The van der Waals surface area contributed by atoms with Gasteiger partial charge < -0.3 is 4.23 Å². The zero-order chi connectivity index (χ0) is 17.7. The summed E-state index contributed by atoms with van der Waals surface area (Å²) in [6, 6.07) is 14.2. The van der Waals surface area contributed by atoms with Gasteiger partial charge in [0.2, 0.25) is 0 Å². The molecule has 3 fully saturated rings. The summed E-state index contributed by atoms with van der Waals surface area (Å²) in [6.45, 7) is 14.4. The van der Waals surface area contributed by atoms with Crippen LogP contribution in [0.4, 0.5) is 0 Å². The smallest absolute Gasteiger partial charge is 0.115 e. The summed E-state index contributed by atoms with van der Waals surface area (Å²) in [5.74, 6) is 0.932. The van der Waals surface area contributed by atoms with Crippen molar-refractivity contribution in [3.8, 4) is 0 Å². The Labute approximate surface area is 156 Å². The topological polar surface area (TPSA) is 6.48 Å². The van der Waals surface area contributed by atoms with Gasteiger partial charge in [-0.25, -0.2) is 0 Å². The van der Waals surface area contributed by atoms with E-state index in [0.29, 0.717) is 5.54 Å². The molecule has 1 aliphatic carbocycles. The molecule has 1 atom stereocenters. The van der Waals surface area contributed by atoms with E-state index in [4.69, 9.17) is 0 Å². The number of hydrogen-bond acceptors (Lipinski definition) is 2. The maximum Gasteiger partial charge on any atom is 0.115 e. The van der Waals surface area contributed by atoms with Gasteiger partial charge in [0.25, 0.3) is 0 Å². The van der Waals surface area contributed by atoms with Crippen LogP contribution in [-0.4, -0.2) is 44.2 Å². The highest BCUT2D eigenvalue weighted by Crippen LogP contribution is 2.52. The van der Waals surface area contributed by atoms with Crippen LogP contribution >= 0.6 is 0 Å². The molecule has 25 heavy (non-hydrogen) atoms. The summed E-state index contributed by atoms with van der Waals surface area (Å²) in [5, 5.41) is 0. The van der Waals surface area contributed by atoms with Crippen LogP contribution in [0.3, 0.4) is 0 Å². The molecule has 0 N–H and O–H groups in total. The molecule has 138 valence electrons.